The smallest absolute Gasteiger partial charge is 0.338 e. The van der Waals surface area contributed by atoms with Crippen LogP contribution in [0.15, 0.2) is 54.6 Å². The van der Waals surface area contributed by atoms with E-state index in [1.165, 1.54) is 0 Å². The third-order valence-corrected chi connectivity index (χ3v) is 3.68. The van der Waals surface area contributed by atoms with Crippen LogP contribution in [0.3, 0.4) is 0 Å². The summed E-state index contributed by atoms with van der Waals surface area (Å²) in [5.41, 5.74) is 0.346. The van der Waals surface area contributed by atoms with Crippen LogP contribution in [0.25, 0.3) is 0 Å². The second kappa shape index (κ2) is 5.63. The third-order valence-electron chi connectivity index (χ3n) is 3.68. The van der Waals surface area contributed by atoms with Gasteiger partial charge in [-0.05, 0) is 32.4 Å². The normalized spacial score (nSPS) is 28.9. The zero-order valence-electron chi connectivity index (χ0n) is 11.9. The van der Waals surface area contributed by atoms with Crippen LogP contribution in [0.5, 0.6) is 0 Å². The molecule has 0 radical (unpaired) electrons. The second-order valence-corrected chi connectivity index (χ2v) is 5.53. The van der Waals surface area contributed by atoms with Crippen LogP contribution in [-0.2, 0) is 4.74 Å². The number of aliphatic hydroxyl groups is 1. The lowest BCUT2D eigenvalue weighted by Crippen LogP contribution is -2.44. The lowest BCUT2D eigenvalue weighted by molar-refractivity contribution is -0.0584. The fourth-order valence-corrected chi connectivity index (χ4v) is 2.27. The first-order chi connectivity index (χ1) is 9.40. The highest BCUT2D eigenvalue weighted by atomic mass is 16.6. The largest absolute Gasteiger partial charge is 0.455 e. The number of rotatable bonds is 3. The number of esters is 1. The Balaban J connectivity index is 2.13. The van der Waals surface area contributed by atoms with Gasteiger partial charge in [0.15, 0.2) is 0 Å². The summed E-state index contributed by atoms with van der Waals surface area (Å²) in [5.74, 6) is -0.282. The molecule has 0 fully saturated rings. The molecule has 0 bridgehead atoms. The molecule has 0 aliphatic heterocycles. The van der Waals surface area contributed by atoms with Crippen molar-refractivity contribution in [2.75, 3.05) is 0 Å². The molecular weight excluding hydrogens is 252 g/mol. The molecule has 3 heteroatoms. The van der Waals surface area contributed by atoms with Gasteiger partial charge in [0.05, 0.1) is 5.56 Å². The van der Waals surface area contributed by atoms with Crippen molar-refractivity contribution in [2.24, 2.45) is 5.92 Å². The van der Waals surface area contributed by atoms with Crippen LogP contribution in [0.4, 0.5) is 0 Å². The van der Waals surface area contributed by atoms with E-state index in [2.05, 4.69) is 6.58 Å². The van der Waals surface area contributed by atoms with Crippen molar-refractivity contribution in [3.63, 3.8) is 0 Å². The molecule has 0 unspecified atom stereocenters. The van der Waals surface area contributed by atoms with Crippen molar-refractivity contribution >= 4 is 5.97 Å². The summed E-state index contributed by atoms with van der Waals surface area (Å²) < 4.78 is 5.49. The van der Waals surface area contributed by atoms with Gasteiger partial charge in [0, 0.05) is 5.92 Å². The van der Waals surface area contributed by atoms with Gasteiger partial charge in [0.2, 0.25) is 0 Å². The fraction of sp³-hybridized carbons (Fsp3) is 0.353. The Morgan fingerprint density at radius 2 is 2.05 bits per heavy atom. The SMILES string of the molecule is C=C(C)[C@H]1C=C[C@@](C)(O)[C@@H](OC(=O)c2ccccc2)C1. The van der Waals surface area contributed by atoms with Crippen LogP contribution in [0.2, 0.25) is 0 Å². The first-order valence-corrected chi connectivity index (χ1v) is 6.73. The molecule has 3 atom stereocenters. The molecule has 1 aromatic rings. The molecule has 0 heterocycles. The maximum Gasteiger partial charge on any atom is 0.338 e. The average molecular weight is 272 g/mol. The maximum absolute atomic E-state index is 12.1. The standard InChI is InChI=1S/C17H20O3/c1-12(2)14-9-10-17(3,19)15(11-14)20-16(18)13-7-5-4-6-8-13/h4-10,14-15,19H,1,11H2,2-3H3/t14-,15-,17+/m0/s1. The van der Waals surface area contributed by atoms with E-state index < -0.39 is 17.7 Å². The third kappa shape index (κ3) is 3.17. The molecule has 2 rings (SSSR count). The molecule has 0 aromatic heterocycles. The van der Waals surface area contributed by atoms with Crippen LogP contribution in [0, 0.1) is 5.92 Å². The van der Waals surface area contributed by atoms with Crippen LogP contribution < -0.4 is 0 Å². The van der Waals surface area contributed by atoms with E-state index in [0.29, 0.717) is 12.0 Å². The van der Waals surface area contributed by atoms with Crippen molar-refractivity contribution in [3.8, 4) is 0 Å². The molecule has 1 N–H and O–H groups in total. The predicted molar refractivity (Wildman–Crippen MR) is 78.3 cm³/mol. The van der Waals surface area contributed by atoms with Gasteiger partial charge in [-0.15, -0.1) is 0 Å². The minimum Gasteiger partial charge on any atom is -0.455 e. The Kier molecular flexibility index (Phi) is 4.09. The molecule has 0 amide bonds. The highest BCUT2D eigenvalue weighted by Gasteiger charge is 2.37. The zero-order valence-corrected chi connectivity index (χ0v) is 11.9. The average Bonchev–Trinajstić information content (AvgIpc) is 2.41. The number of benzene rings is 1. The monoisotopic (exact) mass is 272 g/mol. The van der Waals surface area contributed by atoms with E-state index >= 15 is 0 Å². The van der Waals surface area contributed by atoms with E-state index in [1.54, 1.807) is 37.3 Å². The van der Waals surface area contributed by atoms with E-state index in [1.807, 2.05) is 19.1 Å². The van der Waals surface area contributed by atoms with Crippen LogP contribution in [0.1, 0.15) is 30.6 Å². The maximum atomic E-state index is 12.1. The zero-order chi connectivity index (χ0) is 14.8. The Morgan fingerprint density at radius 1 is 1.40 bits per heavy atom. The van der Waals surface area contributed by atoms with Gasteiger partial charge in [-0.25, -0.2) is 4.79 Å². The van der Waals surface area contributed by atoms with Crippen molar-refractivity contribution in [1.29, 1.82) is 0 Å². The van der Waals surface area contributed by atoms with Gasteiger partial charge in [-0.3, -0.25) is 0 Å². The molecule has 1 aromatic carbocycles. The van der Waals surface area contributed by atoms with Gasteiger partial charge < -0.3 is 9.84 Å². The summed E-state index contributed by atoms with van der Waals surface area (Å²) >= 11 is 0. The van der Waals surface area contributed by atoms with Gasteiger partial charge in [-0.1, -0.05) is 42.5 Å². The molecule has 0 saturated carbocycles. The second-order valence-electron chi connectivity index (χ2n) is 5.53. The minimum atomic E-state index is -1.14. The summed E-state index contributed by atoms with van der Waals surface area (Å²) in [6.45, 7) is 7.51. The fourth-order valence-electron chi connectivity index (χ4n) is 2.27. The molecule has 1 aliphatic rings. The Bertz CT molecular complexity index is 528. The van der Waals surface area contributed by atoms with Gasteiger partial charge >= 0.3 is 5.97 Å². The molecule has 3 nitrogen and oxygen atoms in total. The van der Waals surface area contributed by atoms with Gasteiger partial charge in [0.25, 0.3) is 0 Å². The topological polar surface area (TPSA) is 46.5 Å². The first kappa shape index (κ1) is 14.5. The van der Waals surface area contributed by atoms with E-state index in [9.17, 15) is 9.90 Å². The lowest BCUT2D eigenvalue weighted by Gasteiger charge is -2.36. The van der Waals surface area contributed by atoms with Gasteiger partial charge in [0.1, 0.15) is 11.7 Å². The summed E-state index contributed by atoms with van der Waals surface area (Å²) in [6, 6.07) is 8.81. The number of carbonyl (C=O) groups excluding carboxylic acids is 1. The lowest BCUT2D eigenvalue weighted by atomic mass is 9.81. The van der Waals surface area contributed by atoms with E-state index in [4.69, 9.17) is 4.74 Å². The summed E-state index contributed by atoms with van der Waals surface area (Å²) in [5, 5.41) is 10.3. The highest BCUT2D eigenvalue weighted by Crippen LogP contribution is 2.32. The van der Waals surface area contributed by atoms with Gasteiger partial charge in [-0.2, -0.15) is 0 Å². The molecule has 1 aliphatic carbocycles. The predicted octanol–water partition coefficient (Wildman–Crippen LogP) is 3.12. The van der Waals surface area contributed by atoms with Crippen LogP contribution >= 0.6 is 0 Å². The minimum absolute atomic E-state index is 0.129. The summed E-state index contributed by atoms with van der Waals surface area (Å²) in [6.07, 6.45) is 3.60. The van der Waals surface area contributed by atoms with Crippen molar-refractivity contribution < 1.29 is 14.6 Å². The highest BCUT2D eigenvalue weighted by molar-refractivity contribution is 5.89. The first-order valence-electron chi connectivity index (χ1n) is 6.73. The Morgan fingerprint density at radius 3 is 2.65 bits per heavy atom. The van der Waals surface area contributed by atoms with E-state index in [-0.39, 0.29) is 5.92 Å². The van der Waals surface area contributed by atoms with Crippen LogP contribution in [-0.4, -0.2) is 22.8 Å². The van der Waals surface area contributed by atoms with Crippen molar-refractivity contribution in [3.05, 3.63) is 60.2 Å². The Hall–Kier alpha value is -1.87. The molecule has 106 valence electrons. The molecule has 0 saturated heterocycles. The number of allylic oxidation sites excluding steroid dienone is 2. The van der Waals surface area contributed by atoms with Crippen molar-refractivity contribution in [1.82, 2.24) is 0 Å². The van der Waals surface area contributed by atoms with Crippen molar-refractivity contribution in [2.45, 2.75) is 32.0 Å². The quantitative estimate of drug-likeness (QED) is 0.679. The summed E-state index contributed by atoms with van der Waals surface area (Å²) in [7, 11) is 0. The van der Waals surface area contributed by atoms with E-state index in [0.717, 1.165) is 5.57 Å². The number of hydrogen-bond acceptors (Lipinski definition) is 3. The summed E-state index contributed by atoms with van der Waals surface area (Å²) in [4.78, 5) is 12.1. The number of ether oxygens (including phenoxy) is 1. The Labute approximate surface area is 119 Å². The number of carbonyl (C=O) groups is 1. The molecular formula is C17H20O3. The molecule has 20 heavy (non-hydrogen) atoms. The molecule has 0 spiro atoms. The number of hydrogen-bond donors (Lipinski definition) is 1.